The molecule has 0 aliphatic carbocycles. The number of halogens is 1. The van der Waals surface area contributed by atoms with Gasteiger partial charge in [-0.3, -0.25) is 0 Å². The zero-order chi connectivity index (χ0) is 9.97. The molecular weight excluding hydrogens is 244 g/mol. The van der Waals surface area contributed by atoms with Gasteiger partial charge in [0.25, 0.3) is 0 Å². The molecule has 0 spiro atoms. The van der Waals surface area contributed by atoms with Crippen LogP contribution in [0.1, 0.15) is 5.56 Å². The first-order chi connectivity index (χ1) is 6.74. The topological polar surface area (TPSA) is 56.7 Å². The van der Waals surface area contributed by atoms with E-state index >= 15 is 0 Å². The molecule has 0 atom stereocenters. The maximum absolute atomic E-state index is 5.46. The molecule has 0 fully saturated rings. The van der Waals surface area contributed by atoms with Crippen molar-refractivity contribution >= 4 is 21.7 Å². The summed E-state index contributed by atoms with van der Waals surface area (Å²) in [5, 5.41) is 8.01. The van der Waals surface area contributed by atoms with E-state index in [1.165, 1.54) is 6.20 Å². The highest BCUT2D eigenvalue weighted by molar-refractivity contribution is 9.10. The number of anilines is 1. The molecule has 2 rings (SSSR count). The molecule has 14 heavy (non-hydrogen) atoms. The van der Waals surface area contributed by atoms with Crippen molar-refractivity contribution in [2.75, 3.05) is 5.73 Å². The first-order valence-electron chi connectivity index (χ1n) is 4.14. The maximum Gasteiger partial charge on any atom is 0.165 e. The van der Waals surface area contributed by atoms with E-state index in [-0.39, 0.29) is 0 Å². The number of nitrogens with two attached hydrogens (primary N) is 1. The van der Waals surface area contributed by atoms with Crippen LogP contribution in [0.3, 0.4) is 0 Å². The molecule has 5 heteroatoms. The summed E-state index contributed by atoms with van der Waals surface area (Å²) in [5.41, 5.74) is 6.59. The predicted molar refractivity (Wildman–Crippen MR) is 57.7 cm³/mol. The van der Waals surface area contributed by atoms with E-state index < -0.39 is 0 Å². The van der Waals surface area contributed by atoms with Crippen molar-refractivity contribution in [1.82, 2.24) is 15.0 Å². The maximum atomic E-state index is 5.46. The molecule has 1 heterocycles. The van der Waals surface area contributed by atoms with E-state index in [4.69, 9.17) is 5.73 Å². The van der Waals surface area contributed by atoms with Crippen LogP contribution in [0.25, 0.3) is 0 Å². The normalized spacial score (nSPS) is 10.4. The van der Waals surface area contributed by atoms with Crippen LogP contribution in [0.2, 0.25) is 0 Å². The lowest BCUT2D eigenvalue weighted by Crippen LogP contribution is -2.03. The number of rotatable bonds is 2. The fraction of sp³-hybridized carbons (Fsp3) is 0.111. The molecule has 0 unspecified atom stereocenters. The second-order valence-corrected chi connectivity index (χ2v) is 3.85. The van der Waals surface area contributed by atoms with Gasteiger partial charge in [-0.2, -0.15) is 9.90 Å². The minimum atomic E-state index is 0.444. The lowest BCUT2D eigenvalue weighted by Gasteiger charge is -2.00. The number of nitrogens with zero attached hydrogens (tertiary/aromatic N) is 3. The van der Waals surface area contributed by atoms with Crippen molar-refractivity contribution in [3.63, 3.8) is 0 Å². The van der Waals surface area contributed by atoms with Crippen molar-refractivity contribution in [2.24, 2.45) is 0 Å². The Kier molecular flexibility index (Phi) is 2.49. The molecule has 0 aliphatic rings. The van der Waals surface area contributed by atoms with Gasteiger partial charge in [0.2, 0.25) is 0 Å². The number of hydrogen-bond donors (Lipinski definition) is 1. The molecule has 0 bridgehead atoms. The van der Waals surface area contributed by atoms with E-state index in [9.17, 15) is 0 Å². The van der Waals surface area contributed by atoms with Crippen LogP contribution in [0.4, 0.5) is 5.82 Å². The molecule has 2 aromatic rings. The third-order valence-corrected chi connectivity index (χ3v) is 2.26. The van der Waals surface area contributed by atoms with Crippen molar-refractivity contribution in [3.05, 3.63) is 40.5 Å². The van der Waals surface area contributed by atoms with Gasteiger partial charge in [0, 0.05) is 4.47 Å². The van der Waals surface area contributed by atoms with E-state index in [0.717, 1.165) is 10.0 Å². The van der Waals surface area contributed by atoms with Gasteiger partial charge in [-0.15, -0.1) is 5.10 Å². The first-order valence-corrected chi connectivity index (χ1v) is 4.93. The Bertz CT molecular complexity index is 438. The minimum Gasteiger partial charge on any atom is -0.381 e. The van der Waals surface area contributed by atoms with Crippen molar-refractivity contribution in [1.29, 1.82) is 0 Å². The van der Waals surface area contributed by atoms with E-state index in [2.05, 4.69) is 26.1 Å². The van der Waals surface area contributed by atoms with Gasteiger partial charge in [-0.1, -0.05) is 28.1 Å². The monoisotopic (exact) mass is 252 g/mol. The Balaban J connectivity index is 2.18. The highest BCUT2D eigenvalue weighted by Crippen LogP contribution is 2.12. The Hall–Kier alpha value is -1.36. The predicted octanol–water partition coefficient (Wildman–Crippen LogP) is 1.67. The fourth-order valence-corrected chi connectivity index (χ4v) is 1.63. The van der Waals surface area contributed by atoms with E-state index in [1.807, 2.05) is 24.3 Å². The molecule has 2 N–H and O–H groups in total. The Morgan fingerprint density at radius 3 is 2.93 bits per heavy atom. The van der Waals surface area contributed by atoms with Gasteiger partial charge in [0.15, 0.2) is 5.82 Å². The second kappa shape index (κ2) is 3.79. The summed E-state index contributed by atoms with van der Waals surface area (Å²) in [6.07, 6.45) is 1.54. The molecule has 72 valence electrons. The van der Waals surface area contributed by atoms with Crippen molar-refractivity contribution in [2.45, 2.75) is 6.54 Å². The fourth-order valence-electron chi connectivity index (χ4n) is 1.19. The average molecular weight is 253 g/mol. The first kappa shape index (κ1) is 9.21. The largest absolute Gasteiger partial charge is 0.381 e. The smallest absolute Gasteiger partial charge is 0.165 e. The van der Waals surface area contributed by atoms with Crippen LogP contribution < -0.4 is 5.73 Å². The Morgan fingerprint density at radius 1 is 1.43 bits per heavy atom. The lowest BCUT2D eigenvalue weighted by molar-refractivity contribution is 0.593. The second-order valence-electron chi connectivity index (χ2n) is 2.93. The summed E-state index contributed by atoms with van der Waals surface area (Å²) >= 11 is 3.41. The molecular formula is C9H9BrN4. The highest BCUT2D eigenvalue weighted by Gasteiger charge is 1.98. The van der Waals surface area contributed by atoms with Crippen LogP contribution in [-0.2, 0) is 6.54 Å². The standard InChI is InChI=1S/C9H9BrN4/c10-8-3-1-2-7(4-8)6-14-12-5-9(11)13-14/h1-5H,6H2,(H2,11,13). The van der Waals surface area contributed by atoms with Crippen LogP contribution in [0, 0.1) is 0 Å². The molecule has 0 saturated heterocycles. The molecule has 4 nitrogen and oxygen atoms in total. The SMILES string of the molecule is Nc1cnn(Cc2cccc(Br)c2)n1. The van der Waals surface area contributed by atoms with Crippen LogP contribution >= 0.6 is 15.9 Å². The summed E-state index contributed by atoms with van der Waals surface area (Å²) in [6.45, 7) is 0.636. The quantitative estimate of drug-likeness (QED) is 0.885. The zero-order valence-corrected chi connectivity index (χ0v) is 8.98. The Morgan fingerprint density at radius 2 is 2.29 bits per heavy atom. The zero-order valence-electron chi connectivity index (χ0n) is 7.39. The molecule has 1 aromatic carbocycles. The molecule has 1 aromatic heterocycles. The number of nitrogen functional groups attached to an aromatic ring is 1. The van der Waals surface area contributed by atoms with Gasteiger partial charge in [0.1, 0.15) is 0 Å². The number of hydrogen-bond acceptors (Lipinski definition) is 3. The summed E-state index contributed by atoms with van der Waals surface area (Å²) in [4.78, 5) is 1.57. The van der Waals surface area contributed by atoms with Crippen molar-refractivity contribution < 1.29 is 0 Å². The number of benzene rings is 1. The average Bonchev–Trinajstić information content (AvgIpc) is 2.51. The van der Waals surface area contributed by atoms with Gasteiger partial charge >= 0.3 is 0 Å². The lowest BCUT2D eigenvalue weighted by atomic mass is 10.2. The van der Waals surface area contributed by atoms with E-state index in [1.54, 1.807) is 4.80 Å². The molecule has 0 saturated carbocycles. The summed E-state index contributed by atoms with van der Waals surface area (Å²) < 4.78 is 1.05. The molecule has 0 radical (unpaired) electrons. The van der Waals surface area contributed by atoms with Gasteiger partial charge in [-0.05, 0) is 17.7 Å². The minimum absolute atomic E-state index is 0.444. The van der Waals surface area contributed by atoms with E-state index in [0.29, 0.717) is 12.4 Å². The third-order valence-electron chi connectivity index (χ3n) is 1.77. The van der Waals surface area contributed by atoms with Crippen LogP contribution in [0.15, 0.2) is 34.9 Å². The number of aromatic nitrogens is 3. The molecule has 0 amide bonds. The summed E-state index contributed by atoms with van der Waals surface area (Å²) in [7, 11) is 0. The van der Waals surface area contributed by atoms with Crippen LogP contribution in [0.5, 0.6) is 0 Å². The van der Waals surface area contributed by atoms with Gasteiger partial charge in [0.05, 0.1) is 12.7 Å². The highest BCUT2D eigenvalue weighted by atomic mass is 79.9. The summed E-state index contributed by atoms with van der Waals surface area (Å²) in [6, 6.07) is 8.00. The third kappa shape index (κ3) is 2.11. The Labute approximate surface area is 89.9 Å². The van der Waals surface area contributed by atoms with Crippen molar-refractivity contribution in [3.8, 4) is 0 Å². The summed E-state index contributed by atoms with van der Waals surface area (Å²) in [5.74, 6) is 0.444. The van der Waals surface area contributed by atoms with Crippen LogP contribution in [-0.4, -0.2) is 15.0 Å². The van der Waals surface area contributed by atoms with Gasteiger partial charge in [-0.25, -0.2) is 0 Å². The van der Waals surface area contributed by atoms with Gasteiger partial charge < -0.3 is 5.73 Å². The molecule has 0 aliphatic heterocycles.